The van der Waals surface area contributed by atoms with Gasteiger partial charge in [0.2, 0.25) is 0 Å². The largest absolute Gasteiger partial charge is 0.480 e. The molecule has 0 saturated heterocycles. The number of halogens is 1. The molecule has 0 aliphatic heterocycles. The molecule has 23 heavy (non-hydrogen) atoms. The number of nitrogens with one attached hydrogen (secondary N) is 1. The number of carboxylic acids is 1. The zero-order valence-corrected chi connectivity index (χ0v) is 13.0. The van der Waals surface area contributed by atoms with Gasteiger partial charge in [-0.2, -0.15) is 0 Å². The SMILES string of the molecule is Cc1cc(C)cc(C(=O)N[C@H](Cc2cccc(F)c2)C(=O)O)c1. The van der Waals surface area contributed by atoms with E-state index in [9.17, 15) is 19.1 Å². The molecule has 0 spiro atoms. The molecule has 0 heterocycles. The zero-order valence-electron chi connectivity index (χ0n) is 13.0. The van der Waals surface area contributed by atoms with Crippen LogP contribution in [0.3, 0.4) is 0 Å². The Balaban J connectivity index is 2.15. The van der Waals surface area contributed by atoms with Crippen LogP contribution in [0.15, 0.2) is 42.5 Å². The van der Waals surface area contributed by atoms with E-state index in [1.807, 2.05) is 19.9 Å². The van der Waals surface area contributed by atoms with E-state index < -0.39 is 23.7 Å². The van der Waals surface area contributed by atoms with Crippen molar-refractivity contribution >= 4 is 11.9 Å². The number of aryl methyl sites for hydroxylation is 2. The lowest BCUT2D eigenvalue weighted by Gasteiger charge is -2.15. The highest BCUT2D eigenvalue weighted by atomic mass is 19.1. The van der Waals surface area contributed by atoms with Crippen LogP contribution in [0.1, 0.15) is 27.0 Å². The smallest absolute Gasteiger partial charge is 0.326 e. The van der Waals surface area contributed by atoms with Gasteiger partial charge in [0, 0.05) is 12.0 Å². The minimum atomic E-state index is -1.16. The number of carbonyl (C=O) groups is 2. The van der Waals surface area contributed by atoms with Crippen molar-refractivity contribution in [2.75, 3.05) is 0 Å². The molecule has 2 rings (SSSR count). The molecule has 0 saturated carbocycles. The fourth-order valence-electron chi connectivity index (χ4n) is 2.45. The number of amides is 1. The summed E-state index contributed by atoms with van der Waals surface area (Å²) in [6.07, 6.45) is 0.0175. The summed E-state index contributed by atoms with van der Waals surface area (Å²) in [5, 5.41) is 11.8. The van der Waals surface area contributed by atoms with Gasteiger partial charge in [-0.25, -0.2) is 9.18 Å². The molecule has 2 N–H and O–H groups in total. The van der Waals surface area contributed by atoms with Crippen LogP contribution in [-0.4, -0.2) is 23.0 Å². The minimum Gasteiger partial charge on any atom is -0.480 e. The van der Waals surface area contributed by atoms with Gasteiger partial charge in [0.15, 0.2) is 0 Å². The van der Waals surface area contributed by atoms with Gasteiger partial charge in [-0.1, -0.05) is 29.3 Å². The zero-order chi connectivity index (χ0) is 17.0. The van der Waals surface area contributed by atoms with Crippen LogP contribution in [0.2, 0.25) is 0 Å². The van der Waals surface area contributed by atoms with E-state index in [0.717, 1.165) is 11.1 Å². The summed E-state index contributed by atoms with van der Waals surface area (Å²) in [6, 6.07) is 9.89. The van der Waals surface area contributed by atoms with Crippen molar-refractivity contribution in [3.05, 3.63) is 70.5 Å². The topological polar surface area (TPSA) is 66.4 Å². The highest BCUT2D eigenvalue weighted by Crippen LogP contribution is 2.11. The van der Waals surface area contributed by atoms with Crippen molar-refractivity contribution in [1.29, 1.82) is 0 Å². The quantitative estimate of drug-likeness (QED) is 0.891. The van der Waals surface area contributed by atoms with Crippen LogP contribution >= 0.6 is 0 Å². The molecule has 1 atom stereocenters. The van der Waals surface area contributed by atoms with Crippen LogP contribution in [0.4, 0.5) is 4.39 Å². The fraction of sp³-hybridized carbons (Fsp3) is 0.222. The Hall–Kier alpha value is -2.69. The summed E-state index contributed by atoms with van der Waals surface area (Å²) in [5.74, 6) is -2.06. The number of aliphatic carboxylic acids is 1. The van der Waals surface area contributed by atoms with Crippen molar-refractivity contribution in [2.24, 2.45) is 0 Å². The first-order valence-electron chi connectivity index (χ1n) is 7.21. The normalized spacial score (nSPS) is 11.8. The Morgan fingerprint density at radius 2 is 1.78 bits per heavy atom. The Labute approximate surface area is 134 Å². The number of carbonyl (C=O) groups excluding carboxylic acids is 1. The molecule has 0 bridgehead atoms. The third-order valence-electron chi connectivity index (χ3n) is 3.42. The molecule has 0 aromatic heterocycles. The summed E-state index contributed by atoms with van der Waals surface area (Å²) in [6.45, 7) is 3.73. The van der Waals surface area contributed by atoms with E-state index in [4.69, 9.17) is 0 Å². The van der Waals surface area contributed by atoms with Gasteiger partial charge in [-0.15, -0.1) is 0 Å². The molecule has 5 heteroatoms. The highest BCUT2D eigenvalue weighted by Gasteiger charge is 2.21. The number of benzene rings is 2. The lowest BCUT2D eigenvalue weighted by atomic mass is 10.0. The Bertz CT molecular complexity index is 723. The van der Waals surface area contributed by atoms with Gasteiger partial charge in [-0.05, 0) is 43.7 Å². The lowest BCUT2D eigenvalue weighted by Crippen LogP contribution is -2.42. The molecule has 2 aromatic carbocycles. The van der Waals surface area contributed by atoms with Crippen molar-refractivity contribution in [3.8, 4) is 0 Å². The van der Waals surface area contributed by atoms with Crippen LogP contribution in [0.5, 0.6) is 0 Å². The molecule has 2 aromatic rings. The van der Waals surface area contributed by atoms with Crippen LogP contribution in [0, 0.1) is 19.7 Å². The van der Waals surface area contributed by atoms with Crippen LogP contribution in [0.25, 0.3) is 0 Å². The Kier molecular flexibility index (Phi) is 5.11. The van der Waals surface area contributed by atoms with E-state index >= 15 is 0 Å². The summed E-state index contributed by atoms with van der Waals surface area (Å²) in [4.78, 5) is 23.7. The molecular formula is C18H18FNO3. The number of carboxylic acid groups (broad SMARTS) is 1. The maximum absolute atomic E-state index is 13.2. The molecule has 0 unspecified atom stereocenters. The van der Waals surface area contributed by atoms with Gasteiger partial charge in [-0.3, -0.25) is 4.79 Å². The van der Waals surface area contributed by atoms with E-state index in [1.54, 1.807) is 18.2 Å². The molecule has 0 fully saturated rings. The highest BCUT2D eigenvalue weighted by molar-refractivity contribution is 5.97. The third-order valence-corrected chi connectivity index (χ3v) is 3.42. The molecule has 0 aliphatic carbocycles. The maximum Gasteiger partial charge on any atom is 0.326 e. The van der Waals surface area contributed by atoms with E-state index in [0.29, 0.717) is 11.1 Å². The second-order valence-corrected chi connectivity index (χ2v) is 5.57. The second-order valence-electron chi connectivity index (χ2n) is 5.57. The minimum absolute atomic E-state index is 0.0175. The predicted molar refractivity (Wildman–Crippen MR) is 84.9 cm³/mol. The summed E-state index contributed by atoms with van der Waals surface area (Å²) < 4.78 is 13.2. The van der Waals surface area contributed by atoms with Gasteiger partial charge in [0.05, 0.1) is 0 Å². The van der Waals surface area contributed by atoms with Crippen molar-refractivity contribution < 1.29 is 19.1 Å². The second kappa shape index (κ2) is 7.05. The third kappa shape index (κ3) is 4.64. The number of hydrogen-bond donors (Lipinski definition) is 2. The van der Waals surface area contributed by atoms with Crippen LogP contribution in [-0.2, 0) is 11.2 Å². The van der Waals surface area contributed by atoms with Crippen molar-refractivity contribution in [3.63, 3.8) is 0 Å². The van der Waals surface area contributed by atoms with E-state index in [2.05, 4.69) is 5.32 Å². The molecule has 1 amide bonds. The first-order valence-corrected chi connectivity index (χ1v) is 7.21. The average Bonchev–Trinajstić information content (AvgIpc) is 2.45. The van der Waals surface area contributed by atoms with E-state index in [1.165, 1.54) is 18.2 Å². The van der Waals surface area contributed by atoms with Gasteiger partial charge < -0.3 is 10.4 Å². The molecular weight excluding hydrogens is 297 g/mol. The molecule has 4 nitrogen and oxygen atoms in total. The number of rotatable bonds is 5. The summed E-state index contributed by atoms with van der Waals surface area (Å²) >= 11 is 0. The van der Waals surface area contributed by atoms with Crippen molar-refractivity contribution in [1.82, 2.24) is 5.32 Å². The Morgan fingerprint density at radius 1 is 1.13 bits per heavy atom. The van der Waals surface area contributed by atoms with E-state index in [-0.39, 0.29) is 6.42 Å². The first kappa shape index (κ1) is 16.7. The summed E-state index contributed by atoms with van der Waals surface area (Å²) in [5.41, 5.74) is 2.77. The molecule has 0 radical (unpaired) electrons. The summed E-state index contributed by atoms with van der Waals surface area (Å²) in [7, 11) is 0. The predicted octanol–water partition coefficient (Wildman–Crippen LogP) is 2.87. The molecule has 0 aliphatic rings. The fourth-order valence-corrected chi connectivity index (χ4v) is 2.45. The van der Waals surface area contributed by atoms with Gasteiger partial charge >= 0.3 is 5.97 Å². The Morgan fingerprint density at radius 3 is 2.35 bits per heavy atom. The number of hydrogen-bond acceptors (Lipinski definition) is 2. The maximum atomic E-state index is 13.2. The molecule has 120 valence electrons. The van der Waals surface area contributed by atoms with Gasteiger partial charge in [0.1, 0.15) is 11.9 Å². The monoisotopic (exact) mass is 315 g/mol. The van der Waals surface area contributed by atoms with Gasteiger partial charge in [0.25, 0.3) is 5.91 Å². The average molecular weight is 315 g/mol. The first-order chi connectivity index (χ1) is 10.8. The lowest BCUT2D eigenvalue weighted by molar-refractivity contribution is -0.139. The van der Waals surface area contributed by atoms with Crippen molar-refractivity contribution in [2.45, 2.75) is 26.3 Å². The van der Waals surface area contributed by atoms with Crippen LogP contribution < -0.4 is 5.32 Å². The standard InChI is InChI=1S/C18H18FNO3/c1-11-6-12(2)8-14(7-11)17(21)20-16(18(22)23)10-13-4-3-5-15(19)9-13/h3-9,16H,10H2,1-2H3,(H,20,21)(H,22,23)/t16-/m1/s1.